The maximum absolute atomic E-state index is 11.7. The van der Waals surface area contributed by atoms with Crippen LogP contribution in [0.1, 0.15) is 38.3 Å². The molecule has 21 heavy (non-hydrogen) atoms. The molecule has 0 saturated carbocycles. The molecule has 0 fully saturated rings. The van der Waals surface area contributed by atoms with Gasteiger partial charge in [-0.05, 0) is 26.2 Å². The number of anilines is 1. The average molecular weight is 314 g/mol. The van der Waals surface area contributed by atoms with Gasteiger partial charge in [-0.2, -0.15) is 0 Å². The Labute approximate surface area is 128 Å². The Morgan fingerprint density at radius 3 is 2.81 bits per heavy atom. The van der Waals surface area contributed by atoms with Gasteiger partial charge in [0.15, 0.2) is 5.13 Å². The van der Waals surface area contributed by atoms with Gasteiger partial charge in [-0.3, -0.25) is 9.59 Å². The van der Waals surface area contributed by atoms with Crippen LogP contribution in [-0.4, -0.2) is 37.2 Å². The van der Waals surface area contributed by atoms with Crippen molar-refractivity contribution in [1.29, 1.82) is 0 Å². The number of aromatic nitrogens is 1. The predicted molar refractivity (Wildman–Crippen MR) is 81.4 cm³/mol. The number of nitrogens with zero attached hydrogens (tertiary/aromatic N) is 1. The summed E-state index contributed by atoms with van der Waals surface area (Å²) in [5.41, 5.74) is 0.879. The van der Waals surface area contributed by atoms with Crippen molar-refractivity contribution in [1.82, 2.24) is 4.98 Å². The average Bonchev–Trinajstić information content (AvgIpc) is 2.91. The molecule has 6 nitrogen and oxygen atoms in total. The highest BCUT2D eigenvalue weighted by Crippen LogP contribution is 2.17. The fraction of sp³-hybridized carbons (Fsp3) is 0.643. The van der Waals surface area contributed by atoms with E-state index in [4.69, 9.17) is 4.74 Å². The third-order valence-electron chi connectivity index (χ3n) is 3.02. The van der Waals surface area contributed by atoms with Gasteiger partial charge >= 0.3 is 5.97 Å². The fourth-order valence-corrected chi connectivity index (χ4v) is 2.39. The number of amides is 1. The van der Waals surface area contributed by atoms with E-state index < -0.39 is 0 Å². The normalized spacial score (nSPS) is 12.0. The molecule has 0 aromatic carbocycles. The second-order valence-corrected chi connectivity index (χ2v) is 5.56. The number of hydrogen-bond donors (Lipinski definition) is 1. The van der Waals surface area contributed by atoms with Crippen molar-refractivity contribution in [3.05, 3.63) is 11.1 Å². The summed E-state index contributed by atoms with van der Waals surface area (Å²) in [5.74, 6) is -0.277. The first-order chi connectivity index (χ1) is 10.0. The minimum Gasteiger partial charge on any atom is -0.469 e. The van der Waals surface area contributed by atoms with E-state index in [0.717, 1.165) is 5.69 Å². The van der Waals surface area contributed by atoms with E-state index in [0.29, 0.717) is 37.2 Å². The maximum Gasteiger partial charge on any atom is 0.305 e. The molecule has 1 aromatic heterocycles. The van der Waals surface area contributed by atoms with Crippen LogP contribution in [0.15, 0.2) is 5.38 Å². The molecule has 1 N–H and O–H groups in total. The molecular formula is C14H22N2O4S. The summed E-state index contributed by atoms with van der Waals surface area (Å²) in [5, 5.41) is 5.26. The Hall–Kier alpha value is -1.47. The Morgan fingerprint density at radius 1 is 1.38 bits per heavy atom. The lowest BCUT2D eigenvalue weighted by molar-refractivity contribution is -0.140. The van der Waals surface area contributed by atoms with Crippen molar-refractivity contribution in [2.45, 2.75) is 45.1 Å². The highest BCUT2D eigenvalue weighted by Gasteiger charge is 2.09. The zero-order chi connectivity index (χ0) is 15.7. The molecular weight excluding hydrogens is 292 g/mol. The van der Waals surface area contributed by atoms with E-state index in [2.05, 4.69) is 15.0 Å². The standard InChI is InChI=1S/C14H22N2O4S/c1-10(19-2)7-8-12(17)16-14-15-11(9-21-14)5-4-6-13(18)20-3/h9-10H,4-8H2,1-3H3,(H,15,16,17). The SMILES string of the molecule is COC(=O)CCCc1csc(NC(=O)CCC(C)OC)n1. The molecule has 1 unspecified atom stereocenters. The lowest BCUT2D eigenvalue weighted by atomic mass is 10.2. The number of nitrogens with one attached hydrogen (secondary N) is 1. The van der Waals surface area contributed by atoms with Gasteiger partial charge in [0.1, 0.15) is 0 Å². The van der Waals surface area contributed by atoms with E-state index in [1.165, 1.54) is 18.4 Å². The summed E-state index contributed by atoms with van der Waals surface area (Å²) < 4.78 is 9.67. The highest BCUT2D eigenvalue weighted by atomic mass is 32.1. The number of carbonyl (C=O) groups excluding carboxylic acids is 2. The molecule has 0 aliphatic rings. The van der Waals surface area contributed by atoms with E-state index in [1.54, 1.807) is 7.11 Å². The lowest BCUT2D eigenvalue weighted by Crippen LogP contribution is -2.15. The van der Waals surface area contributed by atoms with E-state index in [9.17, 15) is 9.59 Å². The van der Waals surface area contributed by atoms with Gasteiger partial charge in [0.2, 0.25) is 5.91 Å². The first-order valence-electron chi connectivity index (χ1n) is 6.89. The van der Waals surface area contributed by atoms with Crippen LogP contribution in [0.5, 0.6) is 0 Å². The number of thiazole rings is 1. The number of hydrogen-bond acceptors (Lipinski definition) is 6. The van der Waals surface area contributed by atoms with Crippen LogP contribution in [0, 0.1) is 0 Å². The van der Waals surface area contributed by atoms with E-state index in [1.807, 2.05) is 12.3 Å². The van der Waals surface area contributed by atoms with Gasteiger partial charge in [-0.1, -0.05) is 0 Å². The van der Waals surface area contributed by atoms with E-state index >= 15 is 0 Å². The Kier molecular flexibility index (Phi) is 7.92. The number of methoxy groups -OCH3 is 2. The summed E-state index contributed by atoms with van der Waals surface area (Å²) in [6.45, 7) is 1.93. The number of carbonyl (C=O) groups is 2. The second-order valence-electron chi connectivity index (χ2n) is 4.71. The van der Waals surface area contributed by atoms with Crippen molar-refractivity contribution in [3.63, 3.8) is 0 Å². The highest BCUT2D eigenvalue weighted by molar-refractivity contribution is 7.13. The van der Waals surface area contributed by atoms with Crippen molar-refractivity contribution < 1.29 is 19.1 Å². The van der Waals surface area contributed by atoms with Gasteiger partial charge in [-0.25, -0.2) is 4.98 Å². The number of ether oxygens (including phenoxy) is 2. The molecule has 1 aromatic rings. The molecule has 0 saturated heterocycles. The molecule has 0 radical (unpaired) electrons. The molecule has 0 spiro atoms. The zero-order valence-corrected chi connectivity index (χ0v) is 13.5. The Balaban J connectivity index is 2.31. The van der Waals surface area contributed by atoms with Gasteiger partial charge in [0, 0.05) is 25.3 Å². The number of rotatable bonds is 9. The molecule has 118 valence electrons. The second kappa shape index (κ2) is 9.46. The first kappa shape index (κ1) is 17.6. The van der Waals surface area contributed by atoms with Crippen LogP contribution in [-0.2, 0) is 25.5 Å². The third kappa shape index (κ3) is 7.19. The quantitative estimate of drug-likeness (QED) is 0.708. The van der Waals surface area contributed by atoms with Gasteiger partial charge in [0.25, 0.3) is 0 Å². The largest absolute Gasteiger partial charge is 0.469 e. The third-order valence-corrected chi connectivity index (χ3v) is 3.83. The number of esters is 1. The molecule has 7 heteroatoms. The monoisotopic (exact) mass is 314 g/mol. The minimum absolute atomic E-state index is 0.0608. The summed E-state index contributed by atoms with van der Waals surface area (Å²) in [4.78, 5) is 27.0. The van der Waals surface area contributed by atoms with Gasteiger partial charge in [-0.15, -0.1) is 11.3 Å². The van der Waals surface area contributed by atoms with Gasteiger partial charge < -0.3 is 14.8 Å². The van der Waals surface area contributed by atoms with Gasteiger partial charge in [0.05, 0.1) is 18.9 Å². The first-order valence-corrected chi connectivity index (χ1v) is 7.77. The molecule has 1 atom stereocenters. The van der Waals surface area contributed by atoms with Crippen LogP contribution >= 0.6 is 11.3 Å². The smallest absolute Gasteiger partial charge is 0.305 e. The van der Waals surface area contributed by atoms with Crippen LogP contribution < -0.4 is 5.32 Å². The van der Waals surface area contributed by atoms with Crippen LogP contribution in [0.2, 0.25) is 0 Å². The van der Waals surface area contributed by atoms with Crippen LogP contribution in [0.25, 0.3) is 0 Å². The maximum atomic E-state index is 11.7. The molecule has 1 amide bonds. The summed E-state index contributed by atoms with van der Waals surface area (Å²) in [7, 11) is 3.01. The van der Waals surface area contributed by atoms with Crippen molar-refractivity contribution >= 4 is 28.3 Å². The molecule has 0 bridgehead atoms. The predicted octanol–water partition coefficient (Wildman–Crippen LogP) is 2.39. The summed E-state index contributed by atoms with van der Waals surface area (Å²) >= 11 is 1.39. The van der Waals surface area contributed by atoms with Crippen LogP contribution in [0.4, 0.5) is 5.13 Å². The molecule has 1 heterocycles. The molecule has 1 rings (SSSR count). The van der Waals surface area contributed by atoms with Crippen molar-refractivity contribution in [2.75, 3.05) is 19.5 Å². The minimum atomic E-state index is -0.217. The topological polar surface area (TPSA) is 77.5 Å². The summed E-state index contributed by atoms with van der Waals surface area (Å²) in [6.07, 6.45) is 2.93. The van der Waals surface area contributed by atoms with Crippen molar-refractivity contribution in [2.24, 2.45) is 0 Å². The Morgan fingerprint density at radius 2 is 2.14 bits per heavy atom. The Bertz CT molecular complexity index is 462. The van der Waals surface area contributed by atoms with E-state index in [-0.39, 0.29) is 18.0 Å². The fourth-order valence-electron chi connectivity index (χ4n) is 1.63. The molecule has 0 aliphatic heterocycles. The van der Waals surface area contributed by atoms with Crippen LogP contribution in [0.3, 0.4) is 0 Å². The number of aryl methyl sites for hydroxylation is 1. The zero-order valence-electron chi connectivity index (χ0n) is 12.7. The lowest BCUT2D eigenvalue weighted by Gasteiger charge is -2.07. The molecule has 0 aliphatic carbocycles. The van der Waals surface area contributed by atoms with Crippen molar-refractivity contribution in [3.8, 4) is 0 Å². The summed E-state index contributed by atoms with van der Waals surface area (Å²) in [6, 6.07) is 0.